The van der Waals surface area contributed by atoms with Gasteiger partial charge in [0.25, 0.3) is 0 Å². The van der Waals surface area contributed by atoms with Crippen LogP contribution >= 0.6 is 23.5 Å². The lowest BCUT2D eigenvalue weighted by Gasteiger charge is -2.23. The van der Waals surface area contributed by atoms with E-state index in [0.717, 1.165) is 11.8 Å². The van der Waals surface area contributed by atoms with Crippen molar-refractivity contribution in [3.05, 3.63) is 35.9 Å². The fraction of sp³-hybridized carbons (Fsp3) is 0.500. The lowest BCUT2D eigenvalue weighted by Crippen LogP contribution is -2.33. The summed E-state index contributed by atoms with van der Waals surface area (Å²) in [6.45, 7) is 7.46. The van der Waals surface area contributed by atoms with Crippen LogP contribution < -0.4 is 0 Å². The van der Waals surface area contributed by atoms with Gasteiger partial charge in [0.2, 0.25) is 6.79 Å². The van der Waals surface area contributed by atoms with Crippen molar-refractivity contribution in [1.29, 1.82) is 0 Å². The second-order valence-electron chi connectivity index (χ2n) is 7.64. The van der Waals surface area contributed by atoms with E-state index in [9.17, 15) is 24.0 Å². The Balaban J connectivity index is 2.53. The fourth-order valence-corrected chi connectivity index (χ4v) is 3.99. The second kappa shape index (κ2) is 12.7. The Morgan fingerprint density at radius 3 is 2.16 bits per heavy atom. The van der Waals surface area contributed by atoms with Gasteiger partial charge in [-0.1, -0.05) is 43.8 Å². The summed E-state index contributed by atoms with van der Waals surface area (Å²) in [5.74, 6) is -1.68. The van der Waals surface area contributed by atoms with Crippen LogP contribution in [0, 0.1) is 11.8 Å². The van der Waals surface area contributed by atoms with Gasteiger partial charge >= 0.3 is 11.3 Å². The standard InChI is InChI=1S/C22H28O7S2/c1-14(2)20(26)30-12-17(15(3)23)11-18(24)22(4,5)31-21(27)29-13-28-19(25)16-9-7-6-8-10-16/h6-10,14,17H,11-13H2,1-5H3/t17-/m0/s1. The van der Waals surface area contributed by atoms with E-state index in [1.54, 1.807) is 58.0 Å². The zero-order valence-electron chi connectivity index (χ0n) is 18.3. The van der Waals surface area contributed by atoms with Crippen molar-refractivity contribution in [2.75, 3.05) is 12.5 Å². The highest BCUT2D eigenvalue weighted by atomic mass is 32.2. The van der Waals surface area contributed by atoms with Gasteiger partial charge < -0.3 is 9.47 Å². The van der Waals surface area contributed by atoms with Gasteiger partial charge in [-0.3, -0.25) is 14.4 Å². The molecule has 1 atom stereocenters. The molecule has 0 aliphatic carbocycles. The molecule has 9 heteroatoms. The van der Waals surface area contributed by atoms with E-state index in [1.807, 2.05) is 0 Å². The van der Waals surface area contributed by atoms with Crippen LogP contribution in [0.25, 0.3) is 0 Å². The van der Waals surface area contributed by atoms with Gasteiger partial charge in [-0.2, -0.15) is 0 Å². The fourth-order valence-electron chi connectivity index (χ4n) is 2.22. The summed E-state index contributed by atoms with van der Waals surface area (Å²) in [7, 11) is 0. The molecule has 0 amide bonds. The Hall–Kier alpha value is -2.13. The number of ketones is 2. The van der Waals surface area contributed by atoms with Gasteiger partial charge in [0.15, 0.2) is 5.12 Å². The molecule has 0 spiro atoms. The Labute approximate surface area is 191 Å². The Morgan fingerprint density at radius 1 is 1.00 bits per heavy atom. The average Bonchev–Trinajstić information content (AvgIpc) is 2.70. The van der Waals surface area contributed by atoms with Crippen molar-refractivity contribution < 1.29 is 33.4 Å². The van der Waals surface area contributed by atoms with Crippen LogP contribution in [0.15, 0.2) is 30.3 Å². The van der Waals surface area contributed by atoms with Gasteiger partial charge in [0.1, 0.15) is 11.6 Å². The average molecular weight is 469 g/mol. The summed E-state index contributed by atoms with van der Waals surface area (Å²) in [6.07, 6.45) is -0.0794. The van der Waals surface area contributed by atoms with Gasteiger partial charge in [-0.25, -0.2) is 9.59 Å². The van der Waals surface area contributed by atoms with Crippen LogP contribution in [-0.4, -0.2) is 45.2 Å². The molecule has 0 aliphatic rings. The summed E-state index contributed by atoms with van der Waals surface area (Å²) in [5, 5.41) is -0.816. The first-order chi connectivity index (χ1) is 14.4. The highest BCUT2D eigenvalue weighted by Crippen LogP contribution is 2.31. The van der Waals surface area contributed by atoms with Crippen molar-refractivity contribution >= 4 is 51.5 Å². The molecule has 7 nitrogen and oxygen atoms in total. The molecule has 31 heavy (non-hydrogen) atoms. The number of Topliss-reactive ketones (excluding diaryl/α,β-unsaturated/α-hetero) is 2. The quantitative estimate of drug-likeness (QED) is 0.342. The van der Waals surface area contributed by atoms with Crippen LogP contribution in [0.2, 0.25) is 0 Å². The molecule has 0 fully saturated rings. The van der Waals surface area contributed by atoms with Crippen molar-refractivity contribution in [2.24, 2.45) is 11.8 Å². The predicted octanol–water partition coefficient (Wildman–Crippen LogP) is 4.53. The predicted molar refractivity (Wildman–Crippen MR) is 121 cm³/mol. The lowest BCUT2D eigenvalue weighted by atomic mass is 9.94. The number of carbonyl (C=O) groups excluding carboxylic acids is 5. The van der Waals surface area contributed by atoms with Gasteiger partial charge in [-0.15, -0.1) is 0 Å². The molecule has 0 radical (unpaired) electrons. The number of esters is 1. The summed E-state index contributed by atoms with van der Waals surface area (Å²) < 4.78 is 8.62. The first kappa shape index (κ1) is 26.9. The third-order valence-electron chi connectivity index (χ3n) is 4.29. The number of rotatable bonds is 11. The van der Waals surface area contributed by atoms with Crippen LogP contribution in [0.4, 0.5) is 4.79 Å². The largest absolute Gasteiger partial charge is 0.424 e. The van der Waals surface area contributed by atoms with E-state index in [4.69, 9.17) is 9.47 Å². The Kier molecular flexibility index (Phi) is 11.0. The van der Waals surface area contributed by atoms with E-state index >= 15 is 0 Å². The monoisotopic (exact) mass is 468 g/mol. The molecular weight excluding hydrogens is 440 g/mol. The molecule has 0 bridgehead atoms. The first-order valence-electron chi connectivity index (χ1n) is 9.72. The number of hydrogen-bond acceptors (Lipinski definition) is 9. The van der Waals surface area contributed by atoms with E-state index in [2.05, 4.69) is 0 Å². The van der Waals surface area contributed by atoms with Crippen molar-refractivity contribution in [2.45, 2.75) is 45.8 Å². The van der Waals surface area contributed by atoms with Crippen LogP contribution in [-0.2, 0) is 23.9 Å². The van der Waals surface area contributed by atoms with Gasteiger partial charge in [0.05, 0.1) is 10.3 Å². The van der Waals surface area contributed by atoms with Gasteiger partial charge in [-0.05, 0) is 44.7 Å². The third kappa shape index (κ3) is 9.69. The van der Waals surface area contributed by atoms with Crippen molar-refractivity contribution in [1.82, 2.24) is 0 Å². The topological polar surface area (TPSA) is 104 Å². The number of hydrogen-bond donors (Lipinski definition) is 0. The molecule has 0 aromatic heterocycles. The zero-order chi connectivity index (χ0) is 23.6. The molecule has 0 saturated carbocycles. The highest BCUT2D eigenvalue weighted by Gasteiger charge is 2.35. The maximum Gasteiger partial charge on any atom is 0.371 e. The normalized spacial score (nSPS) is 12.2. The minimum Gasteiger partial charge on any atom is -0.424 e. The molecule has 0 saturated heterocycles. The summed E-state index contributed by atoms with van der Waals surface area (Å²) in [4.78, 5) is 60.3. The smallest absolute Gasteiger partial charge is 0.371 e. The highest BCUT2D eigenvalue weighted by molar-refractivity contribution is 8.15. The maximum atomic E-state index is 12.7. The molecule has 0 unspecified atom stereocenters. The summed E-state index contributed by atoms with van der Waals surface area (Å²) in [6, 6.07) is 8.25. The van der Waals surface area contributed by atoms with E-state index < -0.39 is 28.7 Å². The first-order valence-corrected chi connectivity index (χ1v) is 11.5. The van der Waals surface area contributed by atoms with E-state index in [0.29, 0.717) is 17.3 Å². The van der Waals surface area contributed by atoms with Gasteiger partial charge in [0, 0.05) is 24.0 Å². The number of ether oxygens (including phenoxy) is 2. The molecule has 0 aliphatic heterocycles. The second-order valence-corrected chi connectivity index (χ2v) is 10.2. The third-order valence-corrected chi connectivity index (χ3v) is 6.64. The molecule has 0 heterocycles. The number of carbonyl (C=O) groups is 5. The number of thioether (sulfide) groups is 2. The molecular formula is C22H28O7S2. The number of benzene rings is 1. The Morgan fingerprint density at radius 2 is 1.61 bits per heavy atom. The van der Waals surface area contributed by atoms with Crippen LogP contribution in [0.1, 0.15) is 51.4 Å². The molecule has 170 valence electrons. The molecule has 1 rings (SSSR count). The van der Waals surface area contributed by atoms with Crippen LogP contribution in [0.5, 0.6) is 0 Å². The van der Waals surface area contributed by atoms with Crippen LogP contribution in [0.3, 0.4) is 0 Å². The lowest BCUT2D eigenvalue weighted by molar-refractivity contribution is -0.127. The van der Waals surface area contributed by atoms with E-state index in [-0.39, 0.29) is 34.8 Å². The minimum atomic E-state index is -1.15. The molecule has 1 aromatic rings. The maximum absolute atomic E-state index is 12.7. The molecule has 1 aromatic carbocycles. The zero-order valence-corrected chi connectivity index (χ0v) is 20.0. The summed E-state index contributed by atoms with van der Waals surface area (Å²) in [5.41, 5.74) is 0.325. The van der Waals surface area contributed by atoms with Crippen molar-refractivity contribution in [3.8, 4) is 0 Å². The Bertz CT molecular complexity index is 803. The SMILES string of the molecule is CC(=O)[C@H](CSC(=O)C(C)C)CC(=O)C(C)(C)SC(=O)OCOC(=O)c1ccccc1. The molecule has 0 N–H and O–H groups in total. The summed E-state index contributed by atoms with van der Waals surface area (Å²) >= 11 is 1.69. The minimum absolute atomic E-state index is 0.0408. The van der Waals surface area contributed by atoms with E-state index in [1.165, 1.54) is 6.92 Å². The van der Waals surface area contributed by atoms with Crippen molar-refractivity contribution in [3.63, 3.8) is 0 Å².